The van der Waals surface area contributed by atoms with Gasteiger partial charge in [-0.3, -0.25) is 0 Å². The number of alkyl halides is 1. The second-order valence-corrected chi connectivity index (χ2v) is 3.55. The van der Waals surface area contributed by atoms with Gasteiger partial charge in [-0.2, -0.15) is 0 Å². The van der Waals surface area contributed by atoms with Crippen LogP contribution in [0.3, 0.4) is 0 Å². The molecule has 0 fully saturated rings. The van der Waals surface area contributed by atoms with Crippen molar-refractivity contribution >= 4 is 34.2 Å². The number of rotatable bonds is 2. The molecule has 0 saturated carbocycles. The molecule has 2 nitrogen and oxygen atoms in total. The van der Waals surface area contributed by atoms with E-state index in [0.29, 0.717) is 11.0 Å². The Bertz CT molecular complexity index is 422. The predicted molar refractivity (Wildman–Crippen MR) is 55.5 cm³/mol. The molecule has 2 aromatic rings. The van der Waals surface area contributed by atoms with Gasteiger partial charge in [0.15, 0.2) is 0 Å². The summed E-state index contributed by atoms with van der Waals surface area (Å²) in [5, 5.41) is 1.61. The van der Waals surface area contributed by atoms with Crippen molar-refractivity contribution in [3.8, 4) is 0 Å². The molecule has 0 spiro atoms. The van der Waals surface area contributed by atoms with E-state index in [1.54, 1.807) is 6.07 Å². The van der Waals surface area contributed by atoms with Crippen LogP contribution in [0.5, 0.6) is 0 Å². The second-order valence-electron chi connectivity index (χ2n) is 2.78. The van der Waals surface area contributed by atoms with Gasteiger partial charge in [0.05, 0.1) is 0 Å². The Hall–Kier alpha value is -0.730. The van der Waals surface area contributed by atoms with E-state index < -0.39 is 0 Å². The number of pyridine rings is 1. The number of nitrogens with one attached hydrogen (secondary N) is 1. The summed E-state index contributed by atoms with van der Waals surface area (Å²) in [4.78, 5) is 7.20. The maximum Gasteiger partial charge on any atom is 0.139 e. The molecular formula is C9H8Cl2N2. The van der Waals surface area contributed by atoms with Gasteiger partial charge in [0.2, 0.25) is 0 Å². The Kier molecular flexibility index (Phi) is 2.42. The first kappa shape index (κ1) is 8.85. The minimum absolute atomic E-state index is 0.506. The van der Waals surface area contributed by atoms with Crippen LogP contribution in [0, 0.1) is 0 Å². The van der Waals surface area contributed by atoms with Crippen molar-refractivity contribution in [2.45, 2.75) is 6.42 Å². The Morgan fingerprint density at radius 2 is 2.23 bits per heavy atom. The first-order valence-electron chi connectivity index (χ1n) is 4.00. The topological polar surface area (TPSA) is 28.7 Å². The normalized spacial score (nSPS) is 10.9. The van der Waals surface area contributed by atoms with Crippen LogP contribution in [0.15, 0.2) is 18.3 Å². The summed E-state index contributed by atoms with van der Waals surface area (Å²) in [7, 11) is 0. The number of aryl methyl sites for hydroxylation is 1. The molecule has 68 valence electrons. The van der Waals surface area contributed by atoms with Gasteiger partial charge in [-0.05, 0) is 24.1 Å². The van der Waals surface area contributed by atoms with Gasteiger partial charge in [0.1, 0.15) is 10.8 Å². The van der Waals surface area contributed by atoms with E-state index >= 15 is 0 Å². The van der Waals surface area contributed by atoms with E-state index in [1.165, 1.54) is 5.56 Å². The summed E-state index contributed by atoms with van der Waals surface area (Å²) in [6.07, 6.45) is 2.78. The summed E-state index contributed by atoms with van der Waals surface area (Å²) >= 11 is 11.4. The highest BCUT2D eigenvalue weighted by Gasteiger charge is 2.03. The number of aromatic amines is 1. The van der Waals surface area contributed by atoms with Gasteiger partial charge in [0.25, 0.3) is 0 Å². The largest absolute Gasteiger partial charge is 0.346 e. The number of hydrogen-bond donors (Lipinski definition) is 1. The molecule has 0 aliphatic rings. The molecular weight excluding hydrogens is 207 g/mol. The van der Waals surface area contributed by atoms with Crippen LogP contribution in [0.1, 0.15) is 5.56 Å². The third kappa shape index (κ3) is 1.64. The zero-order valence-electron chi connectivity index (χ0n) is 6.85. The number of fused-ring (bicyclic) bond motifs is 1. The second kappa shape index (κ2) is 3.56. The van der Waals surface area contributed by atoms with Gasteiger partial charge in [-0.25, -0.2) is 4.98 Å². The Labute approximate surface area is 85.9 Å². The SMILES string of the molecule is ClCCc1c[nH]c2nc(Cl)ccc12. The zero-order valence-corrected chi connectivity index (χ0v) is 8.36. The average Bonchev–Trinajstić information content (AvgIpc) is 2.49. The molecule has 1 N–H and O–H groups in total. The molecule has 0 aromatic carbocycles. The van der Waals surface area contributed by atoms with E-state index in [-0.39, 0.29) is 0 Å². The maximum atomic E-state index is 5.75. The summed E-state index contributed by atoms with van der Waals surface area (Å²) in [5.74, 6) is 0.621. The molecule has 0 unspecified atom stereocenters. The van der Waals surface area contributed by atoms with Crippen LogP contribution >= 0.6 is 23.2 Å². The number of hydrogen-bond acceptors (Lipinski definition) is 1. The standard InChI is InChI=1S/C9H8Cl2N2/c10-4-3-6-5-12-9-7(6)1-2-8(11)13-9/h1-2,5H,3-4H2,(H,12,13). The molecule has 0 atom stereocenters. The highest BCUT2D eigenvalue weighted by atomic mass is 35.5. The molecule has 2 aromatic heterocycles. The third-order valence-corrected chi connectivity index (χ3v) is 2.35. The van der Waals surface area contributed by atoms with Crippen molar-refractivity contribution in [3.05, 3.63) is 29.0 Å². The molecule has 0 amide bonds. The average molecular weight is 215 g/mol. The molecule has 2 rings (SSSR count). The number of nitrogens with zero attached hydrogens (tertiary/aromatic N) is 1. The quantitative estimate of drug-likeness (QED) is 0.605. The van der Waals surface area contributed by atoms with E-state index in [9.17, 15) is 0 Å². The maximum absolute atomic E-state index is 5.75. The Morgan fingerprint density at radius 3 is 3.00 bits per heavy atom. The van der Waals surface area contributed by atoms with Gasteiger partial charge < -0.3 is 4.98 Å². The van der Waals surface area contributed by atoms with E-state index in [4.69, 9.17) is 23.2 Å². The van der Waals surface area contributed by atoms with Gasteiger partial charge >= 0.3 is 0 Å². The van der Waals surface area contributed by atoms with Crippen LogP contribution in [0.25, 0.3) is 11.0 Å². The fourth-order valence-corrected chi connectivity index (χ4v) is 1.70. The first-order chi connectivity index (χ1) is 6.31. The predicted octanol–water partition coefficient (Wildman–Crippen LogP) is 3.00. The highest BCUT2D eigenvalue weighted by Crippen LogP contribution is 2.19. The molecule has 0 saturated heterocycles. The molecule has 13 heavy (non-hydrogen) atoms. The van der Waals surface area contributed by atoms with E-state index in [0.717, 1.165) is 17.5 Å². The highest BCUT2D eigenvalue weighted by molar-refractivity contribution is 6.29. The van der Waals surface area contributed by atoms with Crippen LogP contribution < -0.4 is 0 Å². The molecule has 0 aliphatic heterocycles. The molecule has 0 radical (unpaired) electrons. The van der Waals surface area contributed by atoms with Crippen molar-refractivity contribution in [2.24, 2.45) is 0 Å². The van der Waals surface area contributed by atoms with E-state index in [1.807, 2.05) is 12.3 Å². The van der Waals surface area contributed by atoms with Gasteiger partial charge in [-0.1, -0.05) is 11.6 Å². The Balaban J connectivity index is 2.55. The monoisotopic (exact) mass is 214 g/mol. The smallest absolute Gasteiger partial charge is 0.139 e. The van der Waals surface area contributed by atoms with Crippen molar-refractivity contribution in [1.29, 1.82) is 0 Å². The van der Waals surface area contributed by atoms with Gasteiger partial charge in [-0.15, -0.1) is 11.6 Å². The van der Waals surface area contributed by atoms with Crippen LogP contribution in [-0.2, 0) is 6.42 Å². The third-order valence-electron chi connectivity index (χ3n) is 1.95. The van der Waals surface area contributed by atoms with Crippen LogP contribution in [0.2, 0.25) is 5.15 Å². The van der Waals surface area contributed by atoms with Crippen LogP contribution in [-0.4, -0.2) is 15.8 Å². The lowest BCUT2D eigenvalue weighted by Gasteiger charge is -1.94. The molecule has 2 heterocycles. The summed E-state index contributed by atoms with van der Waals surface area (Å²) in [5.41, 5.74) is 2.02. The fourth-order valence-electron chi connectivity index (χ4n) is 1.35. The number of halogens is 2. The van der Waals surface area contributed by atoms with Gasteiger partial charge in [0, 0.05) is 17.5 Å². The summed E-state index contributed by atoms with van der Waals surface area (Å²) < 4.78 is 0. The molecule has 4 heteroatoms. The molecule has 0 aliphatic carbocycles. The lowest BCUT2D eigenvalue weighted by molar-refractivity contribution is 1.16. The van der Waals surface area contributed by atoms with Crippen molar-refractivity contribution in [2.75, 3.05) is 5.88 Å². The van der Waals surface area contributed by atoms with Crippen LogP contribution in [0.4, 0.5) is 0 Å². The lowest BCUT2D eigenvalue weighted by Crippen LogP contribution is -1.83. The number of aromatic nitrogens is 2. The number of H-pyrrole nitrogens is 1. The van der Waals surface area contributed by atoms with E-state index in [2.05, 4.69) is 9.97 Å². The van der Waals surface area contributed by atoms with Crippen molar-refractivity contribution in [1.82, 2.24) is 9.97 Å². The zero-order chi connectivity index (χ0) is 9.26. The lowest BCUT2D eigenvalue weighted by atomic mass is 10.2. The minimum Gasteiger partial charge on any atom is -0.346 e. The fraction of sp³-hybridized carbons (Fsp3) is 0.222. The molecule has 0 bridgehead atoms. The first-order valence-corrected chi connectivity index (χ1v) is 4.91. The summed E-state index contributed by atoms with van der Waals surface area (Å²) in [6.45, 7) is 0. The van der Waals surface area contributed by atoms with Crippen molar-refractivity contribution < 1.29 is 0 Å². The van der Waals surface area contributed by atoms with Crippen molar-refractivity contribution in [3.63, 3.8) is 0 Å². The summed E-state index contributed by atoms with van der Waals surface area (Å²) in [6, 6.07) is 3.75. The minimum atomic E-state index is 0.506. The Morgan fingerprint density at radius 1 is 1.38 bits per heavy atom.